The lowest BCUT2D eigenvalue weighted by molar-refractivity contribution is -0.140. The van der Waals surface area contributed by atoms with Crippen molar-refractivity contribution in [2.75, 3.05) is 0 Å². The number of esters is 2. The third-order valence-corrected chi connectivity index (χ3v) is 2.35. The van der Waals surface area contributed by atoms with Crippen molar-refractivity contribution in [3.63, 3.8) is 0 Å². The van der Waals surface area contributed by atoms with Gasteiger partial charge in [0.15, 0.2) is 0 Å². The van der Waals surface area contributed by atoms with Crippen molar-refractivity contribution in [3.05, 3.63) is 57.6 Å². The van der Waals surface area contributed by atoms with Crippen LogP contribution in [0, 0.1) is 0 Å². The van der Waals surface area contributed by atoms with Crippen LogP contribution in [0.5, 0.6) is 11.5 Å². The molecule has 8 nitrogen and oxygen atoms in total. The van der Waals surface area contributed by atoms with Gasteiger partial charge in [0.25, 0.3) is 0 Å². The first-order valence-electron chi connectivity index (χ1n) is 6.12. The van der Waals surface area contributed by atoms with Gasteiger partial charge in [0.2, 0.25) is 0 Å². The van der Waals surface area contributed by atoms with E-state index in [0.29, 0.717) is 0 Å². The largest absolute Gasteiger partial charge is 0.431 e. The predicted molar refractivity (Wildman–Crippen MR) is 70.5 cm³/mol. The zero-order valence-electron chi connectivity index (χ0n) is 11.1. The quantitative estimate of drug-likeness (QED) is 0.748. The Bertz CT molecular complexity index is 718. The van der Waals surface area contributed by atoms with Crippen molar-refractivity contribution in [3.8, 4) is 11.5 Å². The molecule has 0 aliphatic rings. The van der Waals surface area contributed by atoms with Crippen LogP contribution in [0.3, 0.4) is 0 Å². The number of hydrogen-bond acceptors (Lipinski definition) is 8. The number of ether oxygens (including phenoxy) is 2. The Morgan fingerprint density at radius 1 is 0.818 bits per heavy atom. The first-order chi connectivity index (χ1) is 10.5. The summed E-state index contributed by atoms with van der Waals surface area (Å²) in [6.07, 6.45) is 1.67. The second-order valence-electron chi connectivity index (χ2n) is 4.02. The minimum Gasteiger partial charge on any atom is -0.431 e. The molecule has 2 rings (SSSR count). The molecule has 0 bridgehead atoms. The Balaban J connectivity index is 1.82. The molecule has 0 amide bonds. The molecule has 0 N–H and O–H groups in total. The molecule has 0 aromatic carbocycles. The topological polar surface area (TPSA) is 113 Å². The second kappa shape index (κ2) is 7.02. The zero-order chi connectivity index (χ0) is 15.9. The van der Waals surface area contributed by atoms with Crippen molar-refractivity contribution >= 4 is 11.9 Å². The average Bonchev–Trinajstić information content (AvgIpc) is 2.45. The van der Waals surface area contributed by atoms with E-state index in [0.717, 1.165) is 24.7 Å². The van der Waals surface area contributed by atoms with Gasteiger partial charge in [-0.1, -0.05) is 0 Å². The molecular weight excluding hydrogens is 296 g/mol. The molecule has 0 saturated carbocycles. The van der Waals surface area contributed by atoms with Crippen LogP contribution in [0.2, 0.25) is 0 Å². The number of hydrogen-bond donors (Lipinski definition) is 0. The molecule has 0 aliphatic carbocycles. The van der Waals surface area contributed by atoms with E-state index in [1.165, 1.54) is 12.1 Å². The maximum absolute atomic E-state index is 11.5. The van der Waals surface area contributed by atoms with Crippen LogP contribution in [0.4, 0.5) is 0 Å². The van der Waals surface area contributed by atoms with Crippen LogP contribution in [0.1, 0.15) is 12.8 Å². The van der Waals surface area contributed by atoms with E-state index >= 15 is 0 Å². The van der Waals surface area contributed by atoms with Gasteiger partial charge < -0.3 is 18.3 Å². The molecular formula is C14H10O8. The maximum Gasteiger partial charge on any atom is 0.339 e. The molecule has 0 unspecified atom stereocenters. The van der Waals surface area contributed by atoms with Crippen molar-refractivity contribution in [2.45, 2.75) is 12.8 Å². The summed E-state index contributed by atoms with van der Waals surface area (Å²) in [7, 11) is 0. The Kier molecular flexibility index (Phi) is 4.86. The molecule has 0 fully saturated rings. The minimum absolute atomic E-state index is 0.0234. The lowest BCUT2D eigenvalue weighted by atomic mass is 10.3. The minimum atomic E-state index is -0.713. The van der Waals surface area contributed by atoms with E-state index in [1.807, 2.05) is 0 Å². The standard InChI is InChI=1S/C14H10O8/c15-11(21-9-3-5-19-13(17)7-9)1-2-12(16)22-10-4-6-20-14(18)8-10/h3-8H,1-2H2. The highest BCUT2D eigenvalue weighted by Gasteiger charge is 2.11. The van der Waals surface area contributed by atoms with E-state index in [1.54, 1.807) is 0 Å². The van der Waals surface area contributed by atoms with E-state index in [4.69, 9.17) is 9.47 Å². The van der Waals surface area contributed by atoms with E-state index in [9.17, 15) is 19.2 Å². The number of rotatable bonds is 5. The highest BCUT2D eigenvalue weighted by Crippen LogP contribution is 2.09. The van der Waals surface area contributed by atoms with Crippen LogP contribution >= 0.6 is 0 Å². The third kappa shape index (κ3) is 4.75. The molecule has 0 aliphatic heterocycles. The second-order valence-corrected chi connectivity index (χ2v) is 4.02. The molecule has 0 spiro atoms. The average molecular weight is 306 g/mol. The summed E-state index contributed by atoms with van der Waals surface area (Å²) in [4.78, 5) is 44.8. The van der Waals surface area contributed by atoms with Crippen molar-refractivity contribution < 1.29 is 27.9 Å². The predicted octanol–water partition coefficient (Wildman–Crippen LogP) is 0.884. The highest BCUT2D eigenvalue weighted by atomic mass is 16.5. The normalized spacial score (nSPS) is 10.0. The summed E-state index contributed by atoms with van der Waals surface area (Å²) in [5, 5.41) is 0. The van der Waals surface area contributed by atoms with Gasteiger partial charge in [0.1, 0.15) is 11.5 Å². The molecule has 8 heteroatoms. The fourth-order valence-electron chi connectivity index (χ4n) is 1.43. The summed E-state index contributed by atoms with van der Waals surface area (Å²) < 4.78 is 18.6. The molecule has 0 radical (unpaired) electrons. The van der Waals surface area contributed by atoms with Crippen molar-refractivity contribution in [2.24, 2.45) is 0 Å². The van der Waals surface area contributed by atoms with E-state index < -0.39 is 23.2 Å². The molecule has 22 heavy (non-hydrogen) atoms. The SMILES string of the molecule is O=C(CCC(=O)Oc1ccoc(=O)c1)Oc1ccoc(=O)c1. The van der Waals surface area contributed by atoms with Crippen LogP contribution in [-0.4, -0.2) is 11.9 Å². The van der Waals surface area contributed by atoms with Crippen LogP contribution in [-0.2, 0) is 9.59 Å². The zero-order valence-corrected chi connectivity index (χ0v) is 11.1. The molecule has 2 aromatic heterocycles. The van der Waals surface area contributed by atoms with E-state index in [2.05, 4.69) is 8.83 Å². The number of carbonyl (C=O) groups excluding carboxylic acids is 2. The summed E-state index contributed by atoms with van der Waals surface area (Å²) >= 11 is 0. The summed E-state index contributed by atoms with van der Waals surface area (Å²) in [6.45, 7) is 0. The Morgan fingerprint density at radius 2 is 1.23 bits per heavy atom. The van der Waals surface area contributed by atoms with Gasteiger partial charge in [-0.2, -0.15) is 0 Å². The Hall–Kier alpha value is -3.16. The van der Waals surface area contributed by atoms with Gasteiger partial charge in [-0.15, -0.1) is 0 Å². The van der Waals surface area contributed by atoms with Crippen molar-refractivity contribution in [1.29, 1.82) is 0 Å². The number of carbonyl (C=O) groups is 2. The van der Waals surface area contributed by atoms with E-state index in [-0.39, 0.29) is 24.3 Å². The molecule has 2 aromatic rings. The van der Waals surface area contributed by atoms with Gasteiger partial charge in [-0.25, -0.2) is 9.59 Å². The van der Waals surface area contributed by atoms with Gasteiger partial charge in [0, 0.05) is 12.1 Å². The Morgan fingerprint density at radius 3 is 1.59 bits per heavy atom. The van der Waals surface area contributed by atoms with Crippen LogP contribution in [0.15, 0.2) is 55.2 Å². The molecule has 0 saturated heterocycles. The monoisotopic (exact) mass is 306 g/mol. The van der Waals surface area contributed by atoms with Gasteiger partial charge in [0.05, 0.1) is 37.5 Å². The summed E-state index contributed by atoms with van der Waals surface area (Å²) in [6, 6.07) is 4.58. The van der Waals surface area contributed by atoms with Crippen molar-refractivity contribution in [1.82, 2.24) is 0 Å². The lowest BCUT2D eigenvalue weighted by Crippen LogP contribution is -2.15. The van der Waals surface area contributed by atoms with Crippen LogP contribution in [0.25, 0.3) is 0 Å². The lowest BCUT2D eigenvalue weighted by Gasteiger charge is -2.04. The molecule has 0 atom stereocenters. The fraction of sp³-hybridized carbons (Fsp3) is 0.143. The fourth-order valence-corrected chi connectivity index (χ4v) is 1.43. The summed E-state index contributed by atoms with van der Waals surface area (Å²) in [5.74, 6) is -1.38. The smallest absolute Gasteiger partial charge is 0.339 e. The first-order valence-corrected chi connectivity index (χ1v) is 6.12. The maximum atomic E-state index is 11.5. The first kappa shape index (κ1) is 15.2. The molecule has 2 heterocycles. The molecule has 114 valence electrons. The van der Waals surface area contributed by atoms with Crippen LogP contribution < -0.4 is 20.7 Å². The highest BCUT2D eigenvalue weighted by molar-refractivity contribution is 5.80. The summed E-state index contributed by atoms with van der Waals surface area (Å²) in [5.41, 5.74) is -1.32. The van der Waals surface area contributed by atoms with Gasteiger partial charge in [-0.05, 0) is 0 Å². The third-order valence-electron chi connectivity index (χ3n) is 2.35. The Labute approximate surface area is 122 Å². The van der Waals surface area contributed by atoms with Gasteiger partial charge in [-0.3, -0.25) is 9.59 Å². The van der Waals surface area contributed by atoms with Gasteiger partial charge >= 0.3 is 23.2 Å².